The molecule has 1 aromatic rings. The second-order valence-electron chi connectivity index (χ2n) is 3.75. The van der Waals surface area contributed by atoms with Crippen molar-refractivity contribution in [2.75, 3.05) is 5.32 Å². The van der Waals surface area contributed by atoms with Crippen LogP contribution in [0.5, 0.6) is 0 Å². The first-order valence-corrected chi connectivity index (χ1v) is 4.30. The summed E-state index contributed by atoms with van der Waals surface area (Å²) in [5.41, 5.74) is -1.74. The van der Waals surface area contributed by atoms with Crippen molar-refractivity contribution in [1.82, 2.24) is 15.0 Å². The minimum Gasteiger partial charge on any atom is -0.307 e. The summed E-state index contributed by atoms with van der Waals surface area (Å²) in [5, 5.41) is 9.40. The predicted molar refractivity (Wildman–Crippen MR) is 49.4 cm³/mol. The first-order chi connectivity index (χ1) is 6.84. The van der Waals surface area contributed by atoms with Crippen LogP contribution < -0.4 is 5.32 Å². The third kappa shape index (κ3) is 2.48. The fourth-order valence-electron chi connectivity index (χ4n) is 0.781. The quantitative estimate of drug-likeness (QED) is 0.824. The molecule has 1 heterocycles. The highest BCUT2D eigenvalue weighted by atomic mass is 19.3. The molecule has 7 heteroatoms. The molecule has 0 aliphatic rings. The SMILES string of the molecule is Cn1cc(NC(=O)C(C)(C)C(F)F)nn1. The Balaban J connectivity index is 2.71. The molecule has 5 nitrogen and oxygen atoms in total. The third-order valence-electron chi connectivity index (χ3n) is 1.98. The van der Waals surface area contributed by atoms with Crippen LogP contribution in [0, 0.1) is 5.41 Å². The first-order valence-electron chi connectivity index (χ1n) is 4.30. The molecular formula is C8H12F2N4O. The molecule has 0 radical (unpaired) electrons. The summed E-state index contributed by atoms with van der Waals surface area (Å²) in [6.45, 7) is 2.34. The molecule has 1 rings (SSSR count). The number of rotatable bonds is 3. The van der Waals surface area contributed by atoms with Gasteiger partial charge in [0.25, 0.3) is 6.43 Å². The Morgan fingerprint density at radius 3 is 2.60 bits per heavy atom. The van der Waals surface area contributed by atoms with E-state index in [0.29, 0.717) is 0 Å². The highest BCUT2D eigenvalue weighted by Gasteiger charge is 2.37. The monoisotopic (exact) mass is 218 g/mol. The molecule has 0 atom stereocenters. The number of anilines is 1. The van der Waals surface area contributed by atoms with Gasteiger partial charge in [0.05, 0.1) is 6.20 Å². The van der Waals surface area contributed by atoms with Gasteiger partial charge in [0, 0.05) is 7.05 Å². The summed E-state index contributed by atoms with van der Waals surface area (Å²) in [5.74, 6) is -0.616. The molecule has 0 unspecified atom stereocenters. The number of carbonyl (C=O) groups is 1. The largest absolute Gasteiger partial charge is 0.307 e. The van der Waals surface area contributed by atoms with Gasteiger partial charge in [-0.15, -0.1) is 5.10 Å². The summed E-state index contributed by atoms with van der Waals surface area (Å²) in [4.78, 5) is 11.4. The molecule has 1 amide bonds. The van der Waals surface area contributed by atoms with Gasteiger partial charge in [-0.1, -0.05) is 5.21 Å². The minimum atomic E-state index is -2.73. The van der Waals surface area contributed by atoms with Crippen molar-refractivity contribution in [3.8, 4) is 0 Å². The van der Waals surface area contributed by atoms with Crippen molar-refractivity contribution in [1.29, 1.82) is 0 Å². The molecule has 0 aromatic carbocycles. The average Bonchev–Trinajstić information content (AvgIpc) is 2.50. The van der Waals surface area contributed by atoms with E-state index in [1.54, 1.807) is 7.05 Å². The third-order valence-corrected chi connectivity index (χ3v) is 1.98. The van der Waals surface area contributed by atoms with E-state index >= 15 is 0 Å². The number of nitrogens with one attached hydrogen (secondary N) is 1. The van der Waals surface area contributed by atoms with Gasteiger partial charge < -0.3 is 5.32 Å². The Bertz CT molecular complexity index is 361. The standard InChI is InChI=1S/C8H12F2N4O/c1-8(2,6(9)10)7(15)11-5-4-14(3)13-12-5/h4,6H,1-3H3,(H,11,15). The van der Waals surface area contributed by atoms with Crippen molar-refractivity contribution in [2.45, 2.75) is 20.3 Å². The van der Waals surface area contributed by atoms with Gasteiger partial charge in [-0.25, -0.2) is 8.78 Å². The zero-order valence-electron chi connectivity index (χ0n) is 8.66. The molecule has 84 valence electrons. The number of hydrogen-bond acceptors (Lipinski definition) is 3. The molecule has 0 aliphatic heterocycles. The zero-order chi connectivity index (χ0) is 11.6. The van der Waals surface area contributed by atoms with Crippen LogP contribution in [0.25, 0.3) is 0 Å². The number of halogens is 2. The predicted octanol–water partition coefficient (Wildman–Crippen LogP) is 1.04. The number of hydrogen-bond donors (Lipinski definition) is 1. The number of aromatic nitrogens is 3. The van der Waals surface area contributed by atoms with Crippen LogP contribution in [-0.2, 0) is 11.8 Å². The molecular weight excluding hydrogens is 206 g/mol. The Hall–Kier alpha value is -1.53. The Morgan fingerprint density at radius 1 is 1.60 bits per heavy atom. The van der Waals surface area contributed by atoms with E-state index in [-0.39, 0.29) is 5.82 Å². The molecule has 1 N–H and O–H groups in total. The summed E-state index contributed by atoms with van der Waals surface area (Å²) < 4.78 is 26.3. The fraction of sp³-hybridized carbons (Fsp3) is 0.625. The van der Waals surface area contributed by atoms with Crippen molar-refractivity contribution in [2.24, 2.45) is 12.5 Å². The van der Waals surface area contributed by atoms with Crippen LogP contribution in [0.2, 0.25) is 0 Å². The number of amides is 1. The van der Waals surface area contributed by atoms with E-state index in [0.717, 1.165) is 0 Å². The second-order valence-corrected chi connectivity index (χ2v) is 3.75. The maximum absolute atomic E-state index is 12.5. The fourth-order valence-corrected chi connectivity index (χ4v) is 0.781. The van der Waals surface area contributed by atoms with Crippen LogP contribution in [0.4, 0.5) is 14.6 Å². The number of nitrogens with zero attached hydrogens (tertiary/aromatic N) is 3. The molecule has 0 spiro atoms. The van der Waals surface area contributed by atoms with Gasteiger partial charge in [0.2, 0.25) is 5.91 Å². The molecule has 15 heavy (non-hydrogen) atoms. The smallest absolute Gasteiger partial charge is 0.252 e. The molecule has 0 fully saturated rings. The van der Waals surface area contributed by atoms with Crippen LogP contribution >= 0.6 is 0 Å². The minimum absolute atomic E-state index is 0.163. The van der Waals surface area contributed by atoms with E-state index in [2.05, 4.69) is 15.6 Å². The summed E-state index contributed by atoms with van der Waals surface area (Å²) in [6.07, 6.45) is -1.30. The zero-order valence-corrected chi connectivity index (χ0v) is 8.66. The van der Waals surface area contributed by atoms with E-state index in [1.165, 1.54) is 24.7 Å². The molecule has 1 aromatic heterocycles. The summed E-state index contributed by atoms with van der Waals surface area (Å²) in [7, 11) is 1.61. The maximum atomic E-state index is 12.5. The number of aryl methyl sites for hydroxylation is 1. The molecule has 0 saturated heterocycles. The molecule has 0 bridgehead atoms. The van der Waals surface area contributed by atoms with E-state index in [4.69, 9.17) is 0 Å². The van der Waals surface area contributed by atoms with Gasteiger partial charge in [0.1, 0.15) is 5.41 Å². The molecule has 0 saturated carbocycles. The van der Waals surface area contributed by atoms with Gasteiger partial charge >= 0.3 is 0 Å². The number of carbonyl (C=O) groups excluding carboxylic acids is 1. The summed E-state index contributed by atoms with van der Waals surface area (Å²) in [6, 6.07) is 0. The van der Waals surface area contributed by atoms with Crippen molar-refractivity contribution in [3.05, 3.63) is 6.20 Å². The van der Waals surface area contributed by atoms with Gasteiger partial charge in [-0.2, -0.15) is 0 Å². The van der Waals surface area contributed by atoms with Crippen molar-refractivity contribution < 1.29 is 13.6 Å². The molecule has 0 aliphatic carbocycles. The lowest BCUT2D eigenvalue weighted by atomic mass is 9.93. The van der Waals surface area contributed by atoms with E-state index < -0.39 is 17.7 Å². The topological polar surface area (TPSA) is 59.8 Å². The van der Waals surface area contributed by atoms with E-state index in [9.17, 15) is 13.6 Å². The van der Waals surface area contributed by atoms with Crippen molar-refractivity contribution >= 4 is 11.7 Å². The summed E-state index contributed by atoms with van der Waals surface area (Å²) >= 11 is 0. The lowest BCUT2D eigenvalue weighted by Gasteiger charge is -2.21. The van der Waals surface area contributed by atoms with Gasteiger partial charge in [-0.3, -0.25) is 9.48 Å². The Morgan fingerprint density at radius 2 is 2.20 bits per heavy atom. The highest BCUT2D eigenvalue weighted by molar-refractivity contribution is 5.94. The first kappa shape index (κ1) is 11.5. The van der Waals surface area contributed by atoms with Crippen LogP contribution in [0.15, 0.2) is 6.20 Å². The normalized spacial score (nSPS) is 11.9. The second kappa shape index (κ2) is 3.92. The lowest BCUT2D eigenvalue weighted by molar-refractivity contribution is -0.131. The maximum Gasteiger partial charge on any atom is 0.252 e. The highest BCUT2D eigenvalue weighted by Crippen LogP contribution is 2.26. The average molecular weight is 218 g/mol. The van der Waals surface area contributed by atoms with Gasteiger partial charge in [0.15, 0.2) is 5.82 Å². The van der Waals surface area contributed by atoms with E-state index in [1.807, 2.05) is 0 Å². The van der Waals surface area contributed by atoms with Crippen molar-refractivity contribution in [3.63, 3.8) is 0 Å². The van der Waals surface area contributed by atoms with Gasteiger partial charge in [-0.05, 0) is 13.8 Å². The Kier molecular flexibility index (Phi) is 3.01. The number of alkyl halides is 2. The Labute approximate surface area is 85.5 Å². The van der Waals surface area contributed by atoms with Crippen LogP contribution in [-0.4, -0.2) is 27.3 Å². The lowest BCUT2D eigenvalue weighted by Crippen LogP contribution is -2.37. The van der Waals surface area contributed by atoms with Crippen LogP contribution in [0.3, 0.4) is 0 Å². The van der Waals surface area contributed by atoms with Crippen LogP contribution in [0.1, 0.15) is 13.8 Å².